The second-order valence-corrected chi connectivity index (χ2v) is 10.8. The second-order valence-electron chi connectivity index (χ2n) is 8.81. The average Bonchev–Trinajstić information content (AvgIpc) is 3.15. The fraction of sp³-hybridized carbons (Fsp3) is 0.391. The third kappa shape index (κ3) is 5.48. The van der Waals surface area contributed by atoms with Gasteiger partial charge in [0.1, 0.15) is 12.2 Å². The van der Waals surface area contributed by atoms with Gasteiger partial charge in [-0.1, -0.05) is 18.2 Å². The molecule has 0 aromatic heterocycles. The molecule has 38 heavy (non-hydrogen) atoms. The third-order valence-electron chi connectivity index (χ3n) is 5.90. The van der Waals surface area contributed by atoms with Crippen LogP contribution in [0, 0.1) is 0 Å². The summed E-state index contributed by atoms with van der Waals surface area (Å²) in [6.45, 7) is 0.869. The standard InChI is InChI=1S/C23H21F7N2O5S/c1-12(24)9-18(33)32-11-13-10-16(38(2,36)37)7-8-17(13)19(32)20(34)31-15-5-3-14(4-6-15)21(35,22(25,26)27)23(28,29)30/h3-8,10,12,19,35H,9,11H2,1-2H3,(H,31,34). The molecule has 1 heterocycles. The fourth-order valence-electron chi connectivity index (χ4n) is 4.03. The quantitative estimate of drug-likeness (QED) is 0.508. The topological polar surface area (TPSA) is 104 Å². The van der Waals surface area contributed by atoms with E-state index in [2.05, 4.69) is 5.32 Å². The van der Waals surface area contributed by atoms with Crippen molar-refractivity contribution in [2.75, 3.05) is 11.6 Å². The first-order valence-electron chi connectivity index (χ1n) is 10.8. The highest BCUT2D eigenvalue weighted by Crippen LogP contribution is 2.50. The van der Waals surface area contributed by atoms with Crippen LogP contribution in [0.1, 0.15) is 36.1 Å². The predicted molar refractivity (Wildman–Crippen MR) is 119 cm³/mol. The number of hydrogen-bond acceptors (Lipinski definition) is 5. The molecule has 2 atom stereocenters. The van der Waals surface area contributed by atoms with Gasteiger partial charge in [-0.2, -0.15) is 26.3 Å². The molecule has 2 N–H and O–H groups in total. The lowest BCUT2D eigenvalue weighted by Crippen LogP contribution is -2.53. The summed E-state index contributed by atoms with van der Waals surface area (Å²) in [5.74, 6) is -1.72. The third-order valence-corrected chi connectivity index (χ3v) is 7.02. The van der Waals surface area contributed by atoms with Crippen LogP contribution in [0.2, 0.25) is 0 Å². The average molecular weight is 570 g/mol. The molecule has 0 spiro atoms. The van der Waals surface area contributed by atoms with Gasteiger partial charge < -0.3 is 15.3 Å². The maximum atomic E-state index is 13.5. The minimum atomic E-state index is -6.09. The summed E-state index contributed by atoms with van der Waals surface area (Å²) in [6.07, 6.45) is -13.4. The molecule has 3 rings (SSSR count). The molecule has 7 nitrogen and oxygen atoms in total. The van der Waals surface area contributed by atoms with E-state index >= 15 is 0 Å². The van der Waals surface area contributed by atoms with Crippen LogP contribution in [-0.4, -0.2) is 55.0 Å². The zero-order chi connectivity index (χ0) is 28.8. The van der Waals surface area contributed by atoms with Crippen molar-refractivity contribution in [2.24, 2.45) is 0 Å². The smallest absolute Gasteiger partial charge is 0.369 e. The molecule has 1 aliphatic heterocycles. The Labute approximate surface area is 212 Å². The molecule has 0 aliphatic carbocycles. The summed E-state index contributed by atoms with van der Waals surface area (Å²) >= 11 is 0. The van der Waals surface area contributed by atoms with Gasteiger partial charge in [0.2, 0.25) is 5.91 Å². The number of anilines is 1. The first kappa shape index (κ1) is 29.4. The number of carbonyl (C=O) groups excluding carboxylic acids is 2. The van der Waals surface area contributed by atoms with E-state index in [1.165, 1.54) is 18.2 Å². The number of rotatable bonds is 6. The number of aliphatic hydroxyl groups is 1. The lowest BCUT2D eigenvalue weighted by Gasteiger charge is -2.32. The summed E-state index contributed by atoms with van der Waals surface area (Å²) < 4.78 is 116. The Hall–Kier alpha value is -3.20. The van der Waals surface area contributed by atoms with Crippen molar-refractivity contribution >= 4 is 27.3 Å². The van der Waals surface area contributed by atoms with Crippen molar-refractivity contribution in [2.45, 2.75) is 55.0 Å². The van der Waals surface area contributed by atoms with Crippen LogP contribution in [0.3, 0.4) is 0 Å². The van der Waals surface area contributed by atoms with Gasteiger partial charge in [-0.15, -0.1) is 0 Å². The van der Waals surface area contributed by atoms with Gasteiger partial charge in [0.25, 0.3) is 11.5 Å². The summed E-state index contributed by atoms with van der Waals surface area (Å²) in [5.41, 5.74) is -6.48. The number of halogens is 7. The molecule has 2 aromatic rings. The lowest BCUT2D eigenvalue weighted by molar-refractivity contribution is -0.376. The van der Waals surface area contributed by atoms with Crippen molar-refractivity contribution in [1.29, 1.82) is 0 Å². The number of alkyl halides is 7. The number of amides is 2. The Bertz CT molecular complexity index is 1330. The minimum Gasteiger partial charge on any atom is -0.369 e. The molecular weight excluding hydrogens is 549 g/mol. The summed E-state index contributed by atoms with van der Waals surface area (Å²) in [7, 11) is -3.65. The Morgan fingerprint density at radius 2 is 1.61 bits per heavy atom. The van der Waals surface area contributed by atoms with Gasteiger partial charge in [-0.05, 0) is 42.3 Å². The Balaban J connectivity index is 1.95. The predicted octanol–water partition coefficient (Wildman–Crippen LogP) is 4.17. The maximum Gasteiger partial charge on any atom is 0.430 e. The highest BCUT2D eigenvalue weighted by Gasteiger charge is 2.71. The van der Waals surface area contributed by atoms with Crippen LogP contribution in [-0.2, 0) is 31.6 Å². The number of nitrogens with one attached hydrogen (secondary N) is 1. The highest BCUT2D eigenvalue weighted by atomic mass is 32.2. The molecule has 0 bridgehead atoms. The molecule has 2 unspecified atom stereocenters. The molecule has 2 amide bonds. The number of sulfone groups is 1. The molecule has 208 valence electrons. The van der Waals surface area contributed by atoms with Crippen molar-refractivity contribution < 1.29 is 53.8 Å². The van der Waals surface area contributed by atoms with E-state index in [4.69, 9.17) is 0 Å². The van der Waals surface area contributed by atoms with Crippen molar-refractivity contribution in [1.82, 2.24) is 4.90 Å². The Kier molecular flexibility index (Phi) is 7.60. The molecule has 0 saturated carbocycles. The number of fused-ring (bicyclic) bond motifs is 1. The van der Waals surface area contributed by atoms with E-state index < -0.39 is 63.8 Å². The van der Waals surface area contributed by atoms with Crippen LogP contribution in [0.4, 0.5) is 36.4 Å². The van der Waals surface area contributed by atoms with E-state index in [0.717, 1.165) is 18.1 Å². The zero-order valence-electron chi connectivity index (χ0n) is 19.7. The zero-order valence-corrected chi connectivity index (χ0v) is 20.5. The number of carbonyl (C=O) groups is 2. The summed E-state index contributed by atoms with van der Waals surface area (Å²) in [5, 5.41) is 11.8. The molecular formula is C23H21F7N2O5S. The normalized spacial score (nSPS) is 17.2. The van der Waals surface area contributed by atoms with E-state index in [-0.39, 0.29) is 28.3 Å². The van der Waals surface area contributed by atoms with Gasteiger partial charge >= 0.3 is 12.4 Å². The van der Waals surface area contributed by atoms with Crippen LogP contribution in [0.15, 0.2) is 47.4 Å². The highest BCUT2D eigenvalue weighted by molar-refractivity contribution is 7.90. The van der Waals surface area contributed by atoms with Gasteiger partial charge in [0.15, 0.2) is 9.84 Å². The summed E-state index contributed by atoms with van der Waals surface area (Å²) in [6, 6.07) is 4.42. The first-order chi connectivity index (χ1) is 17.3. The fourth-order valence-corrected chi connectivity index (χ4v) is 4.70. The van der Waals surface area contributed by atoms with Gasteiger partial charge in [-0.25, -0.2) is 12.8 Å². The van der Waals surface area contributed by atoms with Crippen molar-refractivity contribution in [3.05, 3.63) is 59.2 Å². The lowest BCUT2D eigenvalue weighted by atomic mass is 9.92. The largest absolute Gasteiger partial charge is 0.430 e. The molecule has 15 heteroatoms. The first-order valence-corrected chi connectivity index (χ1v) is 12.7. The Morgan fingerprint density at radius 3 is 2.08 bits per heavy atom. The maximum absolute atomic E-state index is 13.5. The van der Waals surface area contributed by atoms with E-state index in [1.54, 1.807) is 0 Å². The minimum absolute atomic E-state index is 0.0963. The number of nitrogens with zero attached hydrogens (tertiary/aromatic N) is 1. The molecule has 0 radical (unpaired) electrons. The van der Waals surface area contributed by atoms with E-state index in [1.807, 2.05) is 0 Å². The number of hydrogen-bond donors (Lipinski definition) is 2. The van der Waals surface area contributed by atoms with Gasteiger partial charge in [0, 0.05) is 24.1 Å². The van der Waals surface area contributed by atoms with Crippen LogP contribution in [0.25, 0.3) is 0 Å². The summed E-state index contributed by atoms with van der Waals surface area (Å²) in [4.78, 5) is 26.7. The van der Waals surface area contributed by atoms with Crippen LogP contribution in [0.5, 0.6) is 0 Å². The van der Waals surface area contributed by atoms with Crippen LogP contribution < -0.4 is 5.32 Å². The van der Waals surface area contributed by atoms with Gasteiger partial charge in [-0.3, -0.25) is 9.59 Å². The number of benzene rings is 2. The molecule has 1 aliphatic rings. The molecule has 0 fully saturated rings. The Morgan fingerprint density at radius 1 is 1.05 bits per heavy atom. The second kappa shape index (κ2) is 9.84. The molecule has 0 saturated heterocycles. The van der Waals surface area contributed by atoms with Crippen molar-refractivity contribution in [3.8, 4) is 0 Å². The molecule has 2 aromatic carbocycles. The van der Waals surface area contributed by atoms with E-state index in [0.29, 0.717) is 24.3 Å². The van der Waals surface area contributed by atoms with Crippen LogP contribution >= 0.6 is 0 Å². The van der Waals surface area contributed by atoms with Gasteiger partial charge in [0.05, 0.1) is 11.3 Å². The van der Waals surface area contributed by atoms with Crippen molar-refractivity contribution in [3.63, 3.8) is 0 Å². The monoisotopic (exact) mass is 570 g/mol. The van der Waals surface area contributed by atoms with E-state index in [9.17, 15) is 53.8 Å². The SMILES string of the molecule is CC(F)CC(=O)N1Cc2cc(S(C)(=O)=O)ccc2C1C(=O)Nc1ccc(C(O)(C(F)(F)F)C(F)(F)F)cc1.